The first kappa shape index (κ1) is 18.3. The summed E-state index contributed by atoms with van der Waals surface area (Å²) in [5.74, 6) is 1.09. The Morgan fingerprint density at radius 2 is 2.00 bits per heavy atom. The molecule has 8 heteroatoms. The summed E-state index contributed by atoms with van der Waals surface area (Å²) in [6.07, 6.45) is 0.611. The van der Waals surface area contributed by atoms with Gasteiger partial charge in [0, 0.05) is 23.7 Å². The van der Waals surface area contributed by atoms with E-state index < -0.39 is 0 Å². The maximum atomic E-state index is 12.7. The van der Waals surface area contributed by atoms with Crippen molar-refractivity contribution >= 4 is 34.1 Å². The number of rotatable bonds is 5. The van der Waals surface area contributed by atoms with Crippen molar-refractivity contribution in [3.63, 3.8) is 0 Å². The summed E-state index contributed by atoms with van der Waals surface area (Å²) in [4.78, 5) is 25.0. The third-order valence-corrected chi connectivity index (χ3v) is 4.99. The van der Waals surface area contributed by atoms with E-state index in [9.17, 15) is 9.59 Å². The van der Waals surface area contributed by atoms with E-state index in [1.165, 1.54) is 4.68 Å². The molecule has 1 amide bonds. The summed E-state index contributed by atoms with van der Waals surface area (Å²) < 4.78 is 8.53. The fourth-order valence-corrected chi connectivity index (χ4v) is 3.59. The predicted octanol–water partition coefficient (Wildman–Crippen LogP) is 2.87. The summed E-state index contributed by atoms with van der Waals surface area (Å²) in [5.41, 5.74) is 2.48. The van der Waals surface area contributed by atoms with Crippen LogP contribution in [0.25, 0.3) is 16.6 Å². The van der Waals surface area contributed by atoms with Gasteiger partial charge in [-0.05, 0) is 31.9 Å². The molecule has 3 heterocycles. The van der Waals surface area contributed by atoms with E-state index in [2.05, 4.69) is 10.4 Å². The Kier molecular flexibility index (Phi) is 4.68. The molecule has 4 rings (SSSR count). The minimum absolute atomic E-state index is 0.149. The maximum Gasteiger partial charge on any atom is 0.291 e. The summed E-state index contributed by atoms with van der Waals surface area (Å²) in [7, 11) is 0. The van der Waals surface area contributed by atoms with E-state index in [4.69, 9.17) is 16.0 Å². The third-order valence-electron chi connectivity index (χ3n) is 4.62. The highest BCUT2D eigenvalue weighted by Gasteiger charge is 2.16. The molecule has 4 aromatic rings. The SMILES string of the molecule is Cc1cc2c(cc3c(=O)n(CC(=O)NCCc4ccccc4Cl)nc(C)n32)o1. The van der Waals surface area contributed by atoms with Crippen LogP contribution in [0.1, 0.15) is 17.1 Å². The molecule has 0 radical (unpaired) electrons. The first-order valence-electron chi connectivity index (χ1n) is 8.93. The standard InChI is InChI=1S/C20H19ClN4O3/c1-12-9-16-18(28-12)10-17-20(27)24(23-13(2)25(16)17)11-19(26)22-8-7-14-5-3-4-6-15(14)21/h3-6,9-10H,7-8,11H2,1-2H3,(H,22,26). The van der Waals surface area contributed by atoms with Crippen molar-refractivity contribution in [3.8, 4) is 0 Å². The zero-order chi connectivity index (χ0) is 19.8. The highest BCUT2D eigenvalue weighted by Crippen LogP contribution is 2.22. The van der Waals surface area contributed by atoms with Crippen molar-refractivity contribution in [2.24, 2.45) is 0 Å². The number of halogens is 1. The van der Waals surface area contributed by atoms with Crippen molar-refractivity contribution in [1.29, 1.82) is 0 Å². The molecule has 0 spiro atoms. The van der Waals surface area contributed by atoms with Crippen molar-refractivity contribution in [3.05, 3.63) is 68.9 Å². The second-order valence-corrected chi connectivity index (χ2v) is 7.08. The fourth-order valence-electron chi connectivity index (χ4n) is 3.36. The Morgan fingerprint density at radius 3 is 2.79 bits per heavy atom. The molecule has 1 aromatic carbocycles. The van der Waals surface area contributed by atoms with E-state index in [1.54, 1.807) is 17.4 Å². The highest BCUT2D eigenvalue weighted by molar-refractivity contribution is 6.31. The number of hydrogen-bond donors (Lipinski definition) is 1. The van der Waals surface area contributed by atoms with Crippen LogP contribution >= 0.6 is 11.6 Å². The van der Waals surface area contributed by atoms with E-state index in [-0.39, 0.29) is 18.0 Å². The average Bonchev–Trinajstić information content (AvgIpc) is 3.17. The van der Waals surface area contributed by atoms with Gasteiger partial charge in [0.2, 0.25) is 5.91 Å². The molecule has 0 aliphatic heterocycles. The predicted molar refractivity (Wildman–Crippen MR) is 107 cm³/mol. The summed E-state index contributed by atoms with van der Waals surface area (Å²) in [5, 5.41) is 7.77. The number of carbonyl (C=O) groups is 1. The van der Waals surface area contributed by atoms with Gasteiger partial charge in [-0.3, -0.25) is 14.0 Å². The van der Waals surface area contributed by atoms with Crippen molar-refractivity contribution in [2.45, 2.75) is 26.8 Å². The van der Waals surface area contributed by atoms with E-state index in [0.717, 1.165) is 16.8 Å². The number of benzene rings is 1. The number of fused-ring (bicyclic) bond motifs is 3. The van der Waals surface area contributed by atoms with Crippen LogP contribution in [-0.4, -0.2) is 26.6 Å². The second-order valence-electron chi connectivity index (χ2n) is 6.67. The van der Waals surface area contributed by atoms with Gasteiger partial charge in [0.15, 0.2) is 5.58 Å². The number of carbonyl (C=O) groups excluding carboxylic acids is 1. The normalized spacial score (nSPS) is 11.4. The maximum absolute atomic E-state index is 12.7. The number of aromatic nitrogens is 3. The monoisotopic (exact) mass is 398 g/mol. The van der Waals surface area contributed by atoms with E-state index in [0.29, 0.717) is 34.9 Å². The van der Waals surface area contributed by atoms with Crippen LogP contribution in [-0.2, 0) is 17.8 Å². The van der Waals surface area contributed by atoms with E-state index in [1.807, 2.05) is 37.3 Å². The Balaban J connectivity index is 1.51. The fraction of sp³-hybridized carbons (Fsp3) is 0.250. The number of nitrogens with one attached hydrogen (secondary N) is 1. The molecule has 0 bridgehead atoms. The molecule has 3 aromatic heterocycles. The Hall–Kier alpha value is -3.06. The van der Waals surface area contributed by atoms with Crippen molar-refractivity contribution < 1.29 is 9.21 Å². The number of amides is 1. The average molecular weight is 399 g/mol. The minimum atomic E-state index is -0.337. The minimum Gasteiger partial charge on any atom is -0.460 e. The second kappa shape index (κ2) is 7.16. The van der Waals surface area contributed by atoms with Gasteiger partial charge in [-0.1, -0.05) is 29.8 Å². The van der Waals surface area contributed by atoms with Crippen LogP contribution in [0, 0.1) is 13.8 Å². The zero-order valence-corrected chi connectivity index (χ0v) is 16.3. The topological polar surface area (TPSA) is 81.5 Å². The van der Waals surface area contributed by atoms with Gasteiger partial charge in [0.1, 0.15) is 23.6 Å². The molecule has 0 saturated heterocycles. The van der Waals surface area contributed by atoms with Gasteiger partial charge in [-0.15, -0.1) is 0 Å². The van der Waals surface area contributed by atoms with Gasteiger partial charge < -0.3 is 9.73 Å². The number of furan rings is 1. The molecule has 0 aliphatic carbocycles. The molecular formula is C20H19ClN4O3. The number of aryl methyl sites for hydroxylation is 2. The molecule has 0 aliphatic rings. The van der Waals surface area contributed by atoms with Gasteiger partial charge in [0.05, 0.1) is 5.52 Å². The largest absolute Gasteiger partial charge is 0.460 e. The first-order chi connectivity index (χ1) is 13.4. The summed E-state index contributed by atoms with van der Waals surface area (Å²) in [6, 6.07) is 11.0. The smallest absolute Gasteiger partial charge is 0.291 e. The van der Waals surface area contributed by atoms with Gasteiger partial charge in [0.25, 0.3) is 5.56 Å². The Morgan fingerprint density at radius 1 is 1.21 bits per heavy atom. The molecule has 0 unspecified atom stereocenters. The van der Waals surface area contributed by atoms with E-state index >= 15 is 0 Å². The molecule has 1 N–H and O–H groups in total. The van der Waals surface area contributed by atoms with Crippen LogP contribution in [0.15, 0.2) is 45.6 Å². The lowest BCUT2D eigenvalue weighted by molar-refractivity contribution is -0.121. The van der Waals surface area contributed by atoms with Crippen LogP contribution in [0.2, 0.25) is 5.02 Å². The number of hydrogen-bond acceptors (Lipinski definition) is 4. The molecule has 0 saturated carbocycles. The van der Waals surface area contributed by atoms with Crippen LogP contribution in [0.5, 0.6) is 0 Å². The van der Waals surface area contributed by atoms with Gasteiger partial charge in [-0.25, -0.2) is 4.68 Å². The third kappa shape index (κ3) is 3.29. The lowest BCUT2D eigenvalue weighted by atomic mass is 10.1. The Labute approximate surface area is 165 Å². The highest BCUT2D eigenvalue weighted by atomic mass is 35.5. The molecule has 7 nitrogen and oxygen atoms in total. The molecule has 144 valence electrons. The quantitative estimate of drug-likeness (QED) is 0.560. The summed E-state index contributed by atoms with van der Waals surface area (Å²) in [6.45, 7) is 3.92. The lowest BCUT2D eigenvalue weighted by Crippen LogP contribution is -2.35. The Bertz CT molecular complexity index is 1250. The number of nitrogens with zero attached hydrogens (tertiary/aromatic N) is 3. The molecule has 28 heavy (non-hydrogen) atoms. The molecule has 0 fully saturated rings. The van der Waals surface area contributed by atoms with Crippen molar-refractivity contribution in [1.82, 2.24) is 19.5 Å². The zero-order valence-electron chi connectivity index (χ0n) is 15.5. The summed E-state index contributed by atoms with van der Waals surface area (Å²) >= 11 is 6.12. The van der Waals surface area contributed by atoms with Crippen molar-refractivity contribution in [2.75, 3.05) is 6.54 Å². The molecular weight excluding hydrogens is 380 g/mol. The van der Waals surface area contributed by atoms with Crippen LogP contribution < -0.4 is 10.9 Å². The van der Waals surface area contributed by atoms with Gasteiger partial charge >= 0.3 is 0 Å². The van der Waals surface area contributed by atoms with Crippen LogP contribution in [0.4, 0.5) is 0 Å². The lowest BCUT2D eigenvalue weighted by Gasteiger charge is -2.09. The van der Waals surface area contributed by atoms with Crippen LogP contribution in [0.3, 0.4) is 0 Å². The first-order valence-corrected chi connectivity index (χ1v) is 9.31. The molecule has 0 atom stereocenters. The van der Waals surface area contributed by atoms with Gasteiger partial charge in [-0.2, -0.15) is 5.10 Å².